The van der Waals surface area contributed by atoms with Crippen LogP contribution in [0, 0.1) is 0 Å². The van der Waals surface area contributed by atoms with E-state index in [1.165, 1.54) is 6.42 Å². The molecular weight excluding hydrogens is 166 g/mol. The van der Waals surface area contributed by atoms with Gasteiger partial charge in [-0.05, 0) is 25.8 Å². The molecule has 2 heterocycles. The first kappa shape index (κ1) is 8.97. The molecule has 2 aliphatic rings. The Hall–Kier alpha value is -0.610. The molecular formula is C9H17N3O. The molecule has 2 aliphatic heterocycles. The summed E-state index contributed by atoms with van der Waals surface area (Å²) in [4.78, 5) is 13.3. The first-order chi connectivity index (χ1) is 6.12. The van der Waals surface area contributed by atoms with Crippen LogP contribution in [0.4, 0.5) is 0 Å². The fraction of sp³-hybridized carbons (Fsp3) is 0.889. The molecule has 0 bridgehead atoms. The molecule has 4 heteroatoms. The summed E-state index contributed by atoms with van der Waals surface area (Å²) in [6, 6.07) is 0.403. The van der Waals surface area contributed by atoms with Crippen molar-refractivity contribution in [2.45, 2.75) is 37.3 Å². The second kappa shape index (κ2) is 2.96. The average Bonchev–Trinajstić information content (AvgIpc) is 2.54. The van der Waals surface area contributed by atoms with Crippen LogP contribution in [0.15, 0.2) is 0 Å². The molecule has 0 aromatic carbocycles. The molecule has 2 saturated heterocycles. The lowest BCUT2D eigenvalue weighted by atomic mass is 9.86. The topological polar surface area (TPSA) is 72.3 Å². The first-order valence-corrected chi connectivity index (χ1v) is 4.93. The van der Waals surface area contributed by atoms with Gasteiger partial charge in [0.25, 0.3) is 0 Å². The Bertz CT molecular complexity index is 231. The molecule has 2 rings (SSSR count). The van der Waals surface area contributed by atoms with Crippen LogP contribution in [0.1, 0.15) is 25.7 Å². The SMILES string of the molecule is NC(=O)CC1(N)CCN2CCCC21. The fourth-order valence-electron chi connectivity index (χ4n) is 2.79. The van der Waals surface area contributed by atoms with Crippen molar-refractivity contribution in [3.63, 3.8) is 0 Å². The minimum atomic E-state index is -0.331. The third-order valence-corrected chi connectivity index (χ3v) is 3.40. The summed E-state index contributed by atoms with van der Waals surface area (Å²) in [6.07, 6.45) is 3.60. The fourth-order valence-corrected chi connectivity index (χ4v) is 2.79. The molecule has 0 spiro atoms. The average molecular weight is 183 g/mol. The predicted octanol–water partition coefficient (Wildman–Crippen LogP) is -0.573. The predicted molar refractivity (Wildman–Crippen MR) is 49.9 cm³/mol. The zero-order valence-corrected chi connectivity index (χ0v) is 7.83. The van der Waals surface area contributed by atoms with Crippen molar-refractivity contribution >= 4 is 5.91 Å². The largest absolute Gasteiger partial charge is 0.370 e. The quantitative estimate of drug-likeness (QED) is 0.602. The summed E-state index contributed by atoms with van der Waals surface area (Å²) in [6.45, 7) is 2.18. The van der Waals surface area contributed by atoms with Gasteiger partial charge in [-0.15, -0.1) is 0 Å². The number of hydrogen-bond acceptors (Lipinski definition) is 3. The van der Waals surface area contributed by atoms with Crippen LogP contribution >= 0.6 is 0 Å². The van der Waals surface area contributed by atoms with E-state index in [2.05, 4.69) is 4.90 Å². The van der Waals surface area contributed by atoms with Gasteiger partial charge in [-0.3, -0.25) is 9.69 Å². The van der Waals surface area contributed by atoms with Gasteiger partial charge in [-0.2, -0.15) is 0 Å². The van der Waals surface area contributed by atoms with Crippen LogP contribution in [-0.2, 0) is 4.79 Å². The van der Waals surface area contributed by atoms with Crippen LogP contribution in [0.5, 0.6) is 0 Å². The summed E-state index contributed by atoms with van der Waals surface area (Å²) in [5.74, 6) is -0.267. The van der Waals surface area contributed by atoms with Crippen LogP contribution in [0.3, 0.4) is 0 Å². The summed E-state index contributed by atoms with van der Waals surface area (Å²) in [7, 11) is 0. The van der Waals surface area contributed by atoms with Crippen LogP contribution in [-0.4, -0.2) is 35.5 Å². The summed E-state index contributed by atoms with van der Waals surface area (Å²) < 4.78 is 0. The molecule has 4 nitrogen and oxygen atoms in total. The van der Waals surface area contributed by atoms with E-state index in [-0.39, 0.29) is 11.4 Å². The third-order valence-electron chi connectivity index (χ3n) is 3.40. The van der Waals surface area contributed by atoms with E-state index in [1.54, 1.807) is 0 Å². The number of primary amides is 1. The number of carbonyl (C=O) groups is 1. The van der Waals surface area contributed by atoms with Gasteiger partial charge in [-0.25, -0.2) is 0 Å². The van der Waals surface area contributed by atoms with Gasteiger partial charge in [-0.1, -0.05) is 0 Å². The number of hydrogen-bond donors (Lipinski definition) is 2. The third kappa shape index (κ3) is 1.44. The molecule has 4 N–H and O–H groups in total. The van der Waals surface area contributed by atoms with Crippen molar-refractivity contribution in [2.24, 2.45) is 11.5 Å². The van der Waals surface area contributed by atoms with Crippen molar-refractivity contribution < 1.29 is 4.79 Å². The summed E-state index contributed by atoms with van der Waals surface area (Å²) in [5, 5.41) is 0. The highest BCUT2D eigenvalue weighted by Gasteiger charge is 2.47. The normalized spacial score (nSPS) is 39.3. The summed E-state index contributed by atoms with van der Waals surface area (Å²) in [5.41, 5.74) is 11.1. The molecule has 2 unspecified atom stereocenters. The summed E-state index contributed by atoms with van der Waals surface area (Å²) >= 11 is 0. The zero-order chi connectivity index (χ0) is 9.47. The Morgan fingerprint density at radius 1 is 1.54 bits per heavy atom. The molecule has 0 aromatic heterocycles. The number of nitrogens with zero attached hydrogens (tertiary/aromatic N) is 1. The smallest absolute Gasteiger partial charge is 0.219 e. The molecule has 0 aliphatic carbocycles. The first-order valence-electron chi connectivity index (χ1n) is 4.93. The number of fused-ring (bicyclic) bond motifs is 1. The van der Waals surface area contributed by atoms with Crippen molar-refractivity contribution in [3.8, 4) is 0 Å². The minimum absolute atomic E-state index is 0.267. The van der Waals surface area contributed by atoms with E-state index in [9.17, 15) is 4.79 Å². The maximum Gasteiger partial charge on any atom is 0.219 e. The molecule has 2 fully saturated rings. The molecule has 0 radical (unpaired) electrons. The highest BCUT2D eigenvalue weighted by Crippen LogP contribution is 2.36. The highest BCUT2D eigenvalue weighted by molar-refractivity contribution is 5.75. The molecule has 0 saturated carbocycles. The Balaban J connectivity index is 2.09. The van der Waals surface area contributed by atoms with E-state index >= 15 is 0 Å². The maximum atomic E-state index is 10.9. The molecule has 74 valence electrons. The second-order valence-corrected chi connectivity index (χ2v) is 4.32. The van der Waals surface area contributed by atoms with E-state index in [4.69, 9.17) is 11.5 Å². The van der Waals surface area contributed by atoms with E-state index < -0.39 is 0 Å². The zero-order valence-electron chi connectivity index (χ0n) is 7.83. The minimum Gasteiger partial charge on any atom is -0.370 e. The van der Waals surface area contributed by atoms with Crippen molar-refractivity contribution in [1.82, 2.24) is 4.90 Å². The molecule has 13 heavy (non-hydrogen) atoms. The van der Waals surface area contributed by atoms with Crippen LogP contribution in [0.25, 0.3) is 0 Å². The molecule has 0 aromatic rings. The Labute approximate surface area is 78.2 Å². The second-order valence-electron chi connectivity index (χ2n) is 4.32. The molecule has 2 atom stereocenters. The van der Waals surface area contributed by atoms with Crippen LogP contribution < -0.4 is 11.5 Å². The van der Waals surface area contributed by atoms with E-state index in [0.717, 1.165) is 25.9 Å². The van der Waals surface area contributed by atoms with Crippen molar-refractivity contribution in [3.05, 3.63) is 0 Å². The Kier molecular flexibility index (Phi) is 2.04. The number of carbonyl (C=O) groups excluding carboxylic acids is 1. The number of nitrogens with two attached hydrogens (primary N) is 2. The van der Waals surface area contributed by atoms with Gasteiger partial charge in [0.1, 0.15) is 0 Å². The molecule has 1 amide bonds. The Morgan fingerprint density at radius 2 is 2.31 bits per heavy atom. The van der Waals surface area contributed by atoms with Crippen molar-refractivity contribution in [1.29, 1.82) is 0 Å². The van der Waals surface area contributed by atoms with E-state index in [0.29, 0.717) is 12.5 Å². The van der Waals surface area contributed by atoms with Gasteiger partial charge in [0.2, 0.25) is 5.91 Å². The van der Waals surface area contributed by atoms with E-state index in [1.807, 2.05) is 0 Å². The lowest BCUT2D eigenvalue weighted by Gasteiger charge is -2.29. The monoisotopic (exact) mass is 183 g/mol. The van der Waals surface area contributed by atoms with Crippen LogP contribution in [0.2, 0.25) is 0 Å². The van der Waals surface area contributed by atoms with Gasteiger partial charge in [0, 0.05) is 24.5 Å². The van der Waals surface area contributed by atoms with Gasteiger partial charge in [0.05, 0.1) is 0 Å². The lowest BCUT2D eigenvalue weighted by Crippen LogP contribution is -2.51. The maximum absolute atomic E-state index is 10.9. The lowest BCUT2D eigenvalue weighted by molar-refractivity contribution is -0.119. The van der Waals surface area contributed by atoms with Gasteiger partial charge < -0.3 is 11.5 Å². The number of amides is 1. The standard InChI is InChI=1S/C9H17N3O/c10-8(13)6-9(11)3-5-12-4-1-2-7(9)12/h7H,1-6,11H2,(H2,10,13). The van der Waals surface area contributed by atoms with Crippen molar-refractivity contribution in [2.75, 3.05) is 13.1 Å². The Morgan fingerprint density at radius 3 is 3.00 bits per heavy atom. The van der Waals surface area contributed by atoms with Gasteiger partial charge in [0.15, 0.2) is 0 Å². The number of rotatable bonds is 2. The highest BCUT2D eigenvalue weighted by atomic mass is 16.1. The van der Waals surface area contributed by atoms with Gasteiger partial charge >= 0.3 is 0 Å².